The van der Waals surface area contributed by atoms with Crippen molar-refractivity contribution in [3.8, 4) is 23.0 Å². The molecule has 0 atom stereocenters. The number of hydrogen-bond acceptors (Lipinski definition) is 5. The summed E-state index contributed by atoms with van der Waals surface area (Å²) >= 11 is 0. The van der Waals surface area contributed by atoms with E-state index in [9.17, 15) is 18.4 Å². The van der Waals surface area contributed by atoms with Gasteiger partial charge in [0.05, 0.1) is 19.8 Å². The summed E-state index contributed by atoms with van der Waals surface area (Å²) in [4.78, 5) is 24.3. The Kier molecular flexibility index (Phi) is 8.39. The van der Waals surface area contributed by atoms with Crippen molar-refractivity contribution in [1.29, 1.82) is 0 Å². The molecule has 2 amide bonds. The van der Waals surface area contributed by atoms with Crippen LogP contribution in [0.2, 0.25) is 0 Å². The molecule has 7 nitrogen and oxygen atoms in total. The van der Waals surface area contributed by atoms with Crippen molar-refractivity contribution in [3.63, 3.8) is 0 Å². The summed E-state index contributed by atoms with van der Waals surface area (Å²) in [5.74, 6) is -0.487. The number of methoxy groups -OCH3 is 2. The summed E-state index contributed by atoms with van der Waals surface area (Å²) in [6.45, 7) is 0.150. The van der Waals surface area contributed by atoms with Crippen LogP contribution in [-0.2, 0) is 4.79 Å². The molecule has 0 fully saturated rings. The lowest BCUT2D eigenvalue weighted by molar-refractivity contribution is -0.116. The highest BCUT2D eigenvalue weighted by atomic mass is 19.1. The van der Waals surface area contributed by atoms with E-state index in [-0.39, 0.29) is 24.4 Å². The summed E-state index contributed by atoms with van der Waals surface area (Å²) in [7, 11) is 3.09. The number of nitrogens with one attached hydrogen (secondary N) is 2. The molecule has 2 N–H and O–H groups in total. The minimum Gasteiger partial charge on any atom is -0.497 e. The molecular weight excluding hydrogens is 446 g/mol. The average Bonchev–Trinajstić information content (AvgIpc) is 2.82. The predicted octanol–water partition coefficient (Wildman–Crippen LogP) is 4.92. The lowest BCUT2D eigenvalue weighted by atomic mass is 10.2. The topological polar surface area (TPSA) is 85.9 Å². The van der Waals surface area contributed by atoms with Gasteiger partial charge in [-0.25, -0.2) is 8.78 Å². The Morgan fingerprint density at radius 1 is 0.853 bits per heavy atom. The number of carbonyl (C=O) groups is 2. The molecule has 0 aliphatic heterocycles. The second kappa shape index (κ2) is 11.6. The van der Waals surface area contributed by atoms with Gasteiger partial charge in [0.2, 0.25) is 5.91 Å². The van der Waals surface area contributed by atoms with E-state index >= 15 is 0 Å². The number of benzene rings is 3. The Morgan fingerprint density at radius 2 is 1.59 bits per heavy atom. The number of rotatable bonds is 10. The van der Waals surface area contributed by atoms with Gasteiger partial charge < -0.3 is 24.8 Å². The van der Waals surface area contributed by atoms with E-state index in [0.29, 0.717) is 41.2 Å². The van der Waals surface area contributed by atoms with Crippen LogP contribution in [0.25, 0.3) is 0 Å². The molecule has 3 aromatic rings. The quantitative estimate of drug-likeness (QED) is 0.411. The number of ether oxygens (including phenoxy) is 3. The monoisotopic (exact) mass is 470 g/mol. The summed E-state index contributed by atoms with van der Waals surface area (Å²) in [6.07, 6.45) is 0.443. The molecule has 3 aromatic carbocycles. The van der Waals surface area contributed by atoms with Crippen LogP contribution in [0.15, 0.2) is 60.7 Å². The van der Waals surface area contributed by atoms with Crippen LogP contribution >= 0.6 is 0 Å². The molecule has 0 aliphatic carbocycles. The maximum absolute atomic E-state index is 13.6. The maximum atomic E-state index is 13.6. The van der Waals surface area contributed by atoms with Gasteiger partial charge in [0.25, 0.3) is 5.91 Å². The fraction of sp³-hybridized carbons (Fsp3) is 0.200. The van der Waals surface area contributed by atoms with E-state index in [1.165, 1.54) is 7.11 Å². The molecule has 0 aromatic heterocycles. The number of amides is 2. The van der Waals surface area contributed by atoms with Crippen LogP contribution in [0.3, 0.4) is 0 Å². The summed E-state index contributed by atoms with van der Waals surface area (Å²) in [5, 5.41) is 5.28. The van der Waals surface area contributed by atoms with Crippen molar-refractivity contribution in [3.05, 3.63) is 77.9 Å². The van der Waals surface area contributed by atoms with Crippen molar-refractivity contribution in [1.82, 2.24) is 5.32 Å². The maximum Gasteiger partial charge on any atom is 0.254 e. The summed E-state index contributed by atoms with van der Waals surface area (Å²) in [5.41, 5.74) is 0.250. The van der Waals surface area contributed by atoms with Crippen molar-refractivity contribution in [2.75, 3.05) is 26.1 Å². The van der Waals surface area contributed by atoms with Gasteiger partial charge in [-0.1, -0.05) is 0 Å². The molecule has 0 aliphatic rings. The molecule has 0 unspecified atom stereocenters. The molecule has 3 rings (SSSR count). The van der Waals surface area contributed by atoms with E-state index in [1.807, 2.05) is 0 Å². The van der Waals surface area contributed by atoms with Crippen molar-refractivity contribution < 1.29 is 32.6 Å². The minimum absolute atomic E-state index is 0.118. The van der Waals surface area contributed by atoms with Crippen LogP contribution in [-0.4, -0.2) is 32.6 Å². The zero-order valence-corrected chi connectivity index (χ0v) is 18.7. The Balaban J connectivity index is 1.51. The summed E-state index contributed by atoms with van der Waals surface area (Å²) < 4.78 is 42.9. The van der Waals surface area contributed by atoms with E-state index in [2.05, 4.69) is 10.6 Å². The Morgan fingerprint density at radius 3 is 2.26 bits per heavy atom. The highest BCUT2D eigenvalue weighted by molar-refractivity contribution is 5.94. The second-order valence-corrected chi connectivity index (χ2v) is 7.18. The van der Waals surface area contributed by atoms with E-state index in [1.54, 1.807) is 49.6 Å². The number of hydrogen-bond donors (Lipinski definition) is 2. The predicted molar refractivity (Wildman–Crippen MR) is 123 cm³/mol. The molecule has 0 saturated carbocycles. The molecule has 34 heavy (non-hydrogen) atoms. The third kappa shape index (κ3) is 6.68. The van der Waals surface area contributed by atoms with Crippen LogP contribution < -0.4 is 24.8 Å². The first-order valence-electron chi connectivity index (χ1n) is 10.4. The van der Waals surface area contributed by atoms with Crippen molar-refractivity contribution >= 4 is 17.5 Å². The van der Waals surface area contributed by atoms with E-state index < -0.39 is 17.5 Å². The standard InChI is InChI=1S/C25H24F2N2O5/c1-32-18-7-9-19(10-8-18)34-23-15-17(6-12-22(23)33-2)29-24(30)4-3-13-28-25(31)20-11-5-16(26)14-21(20)27/h5-12,14-15H,3-4,13H2,1-2H3,(H,28,31)(H,29,30). The van der Waals surface area contributed by atoms with Gasteiger partial charge >= 0.3 is 0 Å². The number of halogens is 2. The van der Waals surface area contributed by atoms with Gasteiger partial charge in [-0.2, -0.15) is 0 Å². The zero-order chi connectivity index (χ0) is 24.5. The molecule has 0 spiro atoms. The van der Waals surface area contributed by atoms with Gasteiger partial charge in [-0.3, -0.25) is 9.59 Å². The highest BCUT2D eigenvalue weighted by Crippen LogP contribution is 2.34. The first-order valence-corrected chi connectivity index (χ1v) is 10.4. The SMILES string of the molecule is COc1ccc(Oc2cc(NC(=O)CCCNC(=O)c3ccc(F)cc3F)ccc2OC)cc1. The molecule has 0 radical (unpaired) electrons. The van der Waals surface area contributed by atoms with E-state index in [4.69, 9.17) is 14.2 Å². The molecule has 178 valence electrons. The largest absolute Gasteiger partial charge is 0.497 e. The third-order valence-corrected chi connectivity index (χ3v) is 4.78. The summed E-state index contributed by atoms with van der Waals surface area (Å²) in [6, 6.07) is 14.7. The van der Waals surface area contributed by atoms with Crippen molar-refractivity contribution in [2.24, 2.45) is 0 Å². The lowest BCUT2D eigenvalue weighted by Gasteiger charge is -2.13. The van der Waals surface area contributed by atoms with Crippen LogP contribution in [0, 0.1) is 11.6 Å². The van der Waals surface area contributed by atoms with Gasteiger partial charge in [0.1, 0.15) is 23.1 Å². The Hall–Kier alpha value is -4.14. The zero-order valence-electron chi connectivity index (χ0n) is 18.7. The lowest BCUT2D eigenvalue weighted by Crippen LogP contribution is -2.26. The normalized spacial score (nSPS) is 10.4. The van der Waals surface area contributed by atoms with Crippen LogP contribution in [0.4, 0.5) is 14.5 Å². The van der Waals surface area contributed by atoms with Gasteiger partial charge in [0.15, 0.2) is 11.5 Å². The Labute approximate surface area is 195 Å². The smallest absolute Gasteiger partial charge is 0.254 e. The molecule has 0 saturated heterocycles. The third-order valence-electron chi connectivity index (χ3n) is 4.78. The van der Waals surface area contributed by atoms with Gasteiger partial charge in [-0.15, -0.1) is 0 Å². The van der Waals surface area contributed by atoms with Gasteiger partial charge in [0, 0.05) is 30.8 Å². The second-order valence-electron chi connectivity index (χ2n) is 7.18. The van der Waals surface area contributed by atoms with Gasteiger partial charge in [-0.05, 0) is 55.0 Å². The van der Waals surface area contributed by atoms with Crippen LogP contribution in [0.5, 0.6) is 23.0 Å². The van der Waals surface area contributed by atoms with Crippen molar-refractivity contribution in [2.45, 2.75) is 12.8 Å². The fourth-order valence-electron chi connectivity index (χ4n) is 3.05. The molecule has 9 heteroatoms. The number of anilines is 1. The first kappa shape index (κ1) is 24.5. The van der Waals surface area contributed by atoms with E-state index in [0.717, 1.165) is 12.1 Å². The highest BCUT2D eigenvalue weighted by Gasteiger charge is 2.13. The first-order chi connectivity index (χ1) is 16.4. The average molecular weight is 470 g/mol. The molecule has 0 heterocycles. The minimum atomic E-state index is -0.942. The van der Waals surface area contributed by atoms with Crippen LogP contribution in [0.1, 0.15) is 23.2 Å². The fourth-order valence-corrected chi connectivity index (χ4v) is 3.05. The molecular formula is C25H24F2N2O5. The molecule has 0 bridgehead atoms. The number of carbonyl (C=O) groups excluding carboxylic acids is 2. The Bertz CT molecular complexity index is 1150.